The van der Waals surface area contributed by atoms with E-state index in [0.29, 0.717) is 19.1 Å². The molecule has 0 spiro atoms. The summed E-state index contributed by atoms with van der Waals surface area (Å²) in [5.41, 5.74) is 1.88. The van der Waals surface area contributed by atoms with E-state index in [9.17, 15) is 4.39 Å². The van der Waals surface area contributed by atoms with E-state index in [1.165, 1.54) is 12.8 Å². The number of hydrogen-bond acceptors (Lipinski definition) is 3. The zero-order valence-electron chi connectivity index (χ0n) is 12.3. The SMILES string of the molecule is CN(Cc1ccco1)Cc1cc(CNC2CC2)ccc1F. The molecule has 0 atom stereocenters. The molecule has 0 aliphatic heterocycles. The fourth-order valence-corrected chi connectivity index (χ4v) is 2.42. The molecular formula is C17H21FN2O. The molecule has 0 bridgehead atoms. The molecule has 2 aromatic rings. The minimum atomic E-state index is -0.142. The maximum absolute atomic E-state index is 13.9. The van der Waals surface area contributed by atoms with E-state index in [4.69, 9.17) is 4.42 Å². The Morgan fingerprint density at radius 2 is 2.14 bits per heavy atom. The van der Waals surface area contributed by atoms with Crippen LogP contribution in [0.25, 0.3) is 0 Å². The van der Waals surface area contributed by atoms with Gasteiger partial charge in [0.2, 0.25) is 0 Å². The van der Waals surface area contributed by atoms with Gasteiger partial charge in [0.1, 0.15) is 11.6 Å². The highest BCUT2D eigenvalue weighted by Crippen LogP contribution is 2.20. The summed E-state index contributed by atoms with van der Waals surface area (Å²) in [6.45, 7) is 2.07. The fourth-order valence-electron chi connectivity index (χ4n) is 2.42. The van der Waals surface area contributed by atoms with E-state index in [-0.39, 0.29) is 5.82 Å². The lowest BCUT2D eigenvalue weighted by Crippen LogP contribution is -2.19. The predicted octanol–water partition coefficient (Wildman–Crippen LogP) is 3.30. The molecule has 3 rings (SSSR count). The summed E-state index contributed by atoms with van der Waals surface area (Å²) >= 11 is 0. The summed E-state index contributed by atoms with van der Waals surface area (Å²) in [7, 11) is 1.97. The molecule has 0 unspecified atom stereocenters. The van der Waals surface area contributed by atoms with Crippen LogP contribution in [0.4, 0.5) is 4.39 Å². The van der Waals surface area contributed by atoms with Gasteiger partial charge in [-0.15, -0.1) is 0 Å². The maximum atomic E-state index is 13.9. The lowest BCUT2D eigenvalue weighted by molar-refractivity contribution is 0.284. The number of nitrogens with one attached hydrogen (secondary N) is 1. The lowest BCUT2D eigenvalue weighted by atomic mass is 10.1. The molecule has 4 heteroatoms. The summed E-state index contributed by atoms with van der Waals surface area (Å²) in [6, 6.07) is 9.86. The number of halogens is 1. The van der Waals surface area contributed by atoms with Gasteiger partial charge in [-0.1, -0.05) is 12.1 Å². The highest BCUT2D eigenvalue weighted by atomic mass is 19.1. The molecule has 1 fully saturated rings. The van der Waals surface area contributed by atoms with Crippen LogP contribution in [0.3, 0.4) is 0 Å². The van der Waals surface area contributed by atoms with Gasteiger partial charge in [-0.25, -0.2) is 4.39 Å². The molecule has 1 N–H and O–H groups in total. The third kappa shape index (κ3) is 4.16. The van der Waals surface area contributed by atoms with E-state index in [1.807, 2.05) is 31.3 Å². The van der Waals surface area contributed by atoms with Crippen molar-refractivity contribution in [3.63, 3.8) is 0 Å². The van der Waals surface area contributed by atoms with E-state index in [1.54, 1.807) is 12.3 Å². The third-order valence-corrected chi connectivity index (χ3v) is 3.73. The van der Waals surface area contributed by atoms with Crippen molar-refractivity contribution < 1.29 is 8.81 Å². The van der Waals surface area contributed by atoms with Gasteiger partial charge in [0, 0.05) is 24.7 Å². The normalized spacial score (nSPS) is 14.8. The number of benzene rings is 1. The molecule has 1 aliphatic carbocycles. The zero-order valence-corrected chi connectivity index (χ0v) is 12.3. The third-order valence-electron chi connectivity index (χ3n) is 3.73. The summed E-state index contributed by atoms with van der Waals surface area (Å²) in [5.74, 6) is 0.751. The Balaban J connectivity index is 1.61. The predicted molar refractivity (Wildman–Crippen MR) is 80.1 cm³/mol. The fraction of sp³-hybridized carbons (Fsp3) is 0.412. The molecular weight excluding hydrogens is 267 g/mol. The molecule has 1 aliphatic rings. The molecule has 1 saturated carbocycles. The topological polar surface area (TPSA) is 28.4 Å². The first-order valence-corrected chi connectivity index (χ1v) is 7.42. The highest BCUT2D eigenvalue weighted by Gasteiger charge is 2.20. The number of rotatable bonds is 7. The van der Waals surface area contributed by atoms with Gasteiger partial charge in [-0.3, -0.25) is 4.90 Å². The van der Waals surface area contributed by atoms with Crippen LogP contribution in [0.1, 0.15) is 29.7 Å². The average Bonchev–Trinajstić information content (AvgIpc) is 3.16. The average molecular weight is 288 g/mol. The second kappa shape index (κ2) is 6.41. The van der Waals surface area contributed by atoms with Gasteiger partial charge in [0.05, 0.1) is 12.8 Å². The second-order valence-corrected chi connectivity index (χ2v) is 5.83. The van der Waals surface area contributed by atoms with Gasteiger partial charge in [-0.2, -0.15) is 0 Å². The van der Waals surface area contributed by atoms with Gasteiger partial charge >= 0.3 is 0 Å². The van der Waals surface area contributed by atoms with Crippen molar-refractivity contribution in [3.05, 3.63) is 59.3 Å². The molecule has 3 nitrogen and oxygen atoms in total. The van der Waals surface area contributed by atoms with Crippen LogP contribution in [-0.4, -0.2) is 18.0 Å². The van der Waals surface area contributed by atoms with Crippen LogP contribution >= 0.6 is 0 Å². The van der Waals surface area contributed by atoms with Crippen LogP contribution in [0.2, 0.25) is 0 Å². The Kier molecular flexibility index (Phi) is 4.36. The van der Waals surface area contributed by atoms with Gasteiger partial charge in [-0.05, 0) is 43.7 Å². The van der Waals surface area contributed by atoms with E-state index < -0.39 is 0 Å². The molecule has 0 radical (unpaired) electrons. The van der Waals surface area contributed by atoms with Crippen LogP contribution in [-0.2, 0) is 19.6 Å². The zero-order chi connectivity index (χ0) is 14.7. The van der Waals surface area contributed by atoms with Crippen molar-refractivity contribution in [2.75, 3.05) is 7.05 Å². The minimum absolute atomic E-state index is 0.142. The molecule has 1 heterocycles. The van der Waals surface area contributed by atoms with Gasteiger partial charge in [0.25, 0.3) is 0 Å². The monoisotopic (exact) mass is 288 g/mol. The van der Waals surface area contributed by atoms with Crippen molar-refractivity contribution >= 4 is 0 Å². The van der Waals surface area contributed by atoms with E-state index in [0.717, 1.165) is 23.4 Å². The first-order chi connectivity index (χ1) is 10.2. The number of furan rings is 1. The van der Waals surface area contributed by atoms with Crippen LogP contribution in [0.15, 0.2) is 41.0 Å². The van der Waals surface area contributed by atoms with Crippen molar-refractivity contribution in [1.29, 1.82) is 0 Å². The maximum Gasteiger partial charge on any atom is 0.127 e. The molecule has 112 valence electrons. The first kappa shape index (κ1) is 14.3. The Hall–Kier alpha value is -1.65. The summed E-state index contributed by atoms with van der Waals surface area (Å²) < 4.78 is 19.3. The molecule has 1 aromatic carbocycles. The van der Waals surface area contributed by atoms with Crippen LogP contribution in [0.5, 0.6) is 0 Å². The van der Waals surface area contributed by atoms with Crippen molar-refractivity contribution in [2.45, 2.75) is 38.5 Å². The Labute approximate surface area is 124 Å². The number of hydrogen-bond donors (Lipinski definition) is 1. The van der Waals surface area contributed by atoms with Gasteiger partial charge < -0.3 is 9.73 Å². The van der Waals surface area contributed by atoms with Crippen LogP contribution < -0.4 is 5.32 Å². The Morgan fingerprint density at radius 3 is 2.86 bits per heavy atom. The summed E-state index contributed by atoms with van der Waals surface area (Å²) in [4.78, 5) is 2.05. The van der Waals surface area contributed by atoms with Gasteiger partial charge in [0.15, 0.2) is 0 Å². The largest absolute Gasteiger partial charge is 0.468 e. The summed E-state index contributed by atoms with van der Waals surface area (Å²) in [5, 5.41) is 3.46. The van der Waals surface area contributed by atoms with Crippen molar-refractivity contribution in [3.8, 4) is 0 Å². The molecule has 0 saturated heterocycles. The smallest absolute Gasteiger partial charge is 0.127 e. The number of nitrogens with zero attached hydrogens (tertiary/aromatic N) is 1. The highest BCUT2D eigenvalue weighted by molar-refractivity contribution is 5.25. The quantitative estimate of drug-likeness (QED) is 0.847. The Morgan fingerprint density at radius 1 is 1.29 bits per heavy atom. The minimum Gasteiger partial charge on any atom is -0.468 e. The molecule has 21 heavy (non-hydrogen) atoms. The standard InChI is InChI=1S/C17H21FN2O/c1-20(12-16-3-2-8-21-16)11-14-9-13(4-7-17(14)18)10-19-15-5-6-15/h2-4,7-9,15,19H,5-6,10-12H2,1H3. The molecule has 0 amide bonds. The van der Waals surface area contributed by atoms with E-state index in [2.05, 4.69) is 10.2 Å². The van der Waals surface area contributed by atoms with Crippen LogP contribution in [0, 0.1) is 5.82 Å². The second-order valence-electron chi connectivity index (χ2n) is 5.83. The summed E-state index contributed by atoms with van der Waals surface area (Å²) in [6.07, 6.45) is 4.19. The lowest BCUT2D eigenvalue weighted by Gasteiger charge is -2.16. The van der Waals surface area contributed by atoms with Crippen molar-refractivity contribution in [1.82, 2.24) is 10.2 Å². The van der Waals surface area contributed by atoms with Crippen molar-refractivity contribution in [2.24, 2.45) is 0 Å². The Bertz CT molecular complexity index is 578. The van der Waals surface area contributed by atoms with E-state index >= 15 is 0 Å². The first-order valence-electron chi connectivity index (χ1n) is 7.42. The molecule has 1 aromatic heterocycles.